The Bertz CT molecular complexity index is 687. The fourth-order valence-corrected chi connectivity index (χ4v) is 2.11. The monoisotopic (exact) mass is 292 g/mol. The minimum Gasteiger partial charge on any atom is -0.309 e. The van der Waals surface area contributed by atoms with Gasteiger partial charge in [-0.1, -0.05) is 6.92 Å². The highest BCUT2D eigenvalue weighted by molar-refractivity contribution is 5.90. The maximum absolute atomic E-state index is 12.0. The van der Waals surface area contributed by atoms with Gasteiger partial charge >= 0.3 is 5.69 Å². The molecule has 1 amide bonds. The second-order valence-corrected chi connectivity index (χ2v) is 4.61. The van der Waals surface area contributed by atoms with Gasteiger partial charge in [0, 0.05) is 5.56 Å². The number of nitrogens with one attached hydrogen (secondary N) is 2. The van der Waals surface area contributed by atoms with E-state index in [-0.39, 0.29) is 18.1 Å². The molecule has 0 aliphatic carbocycles. The zero-order chi connectivity index (χ0) is 15.6. The summed E-state index contributed by atoms with van der Waals surface area (Å²) >= 11 is 0. The number of carbonyl (C=O) groups excluding carboxylic acids is 1. The summed E-state index contributed by atoms with van der Waals surface area (Å²) < 4.78 is 1.32. The second kappa shape index (κ2) is 5.73. The molecule has 9 nitrogen and oxygen atoms in total. The number of aromatic nitrogens is 4. The van der Waals surface area contributed by atoms with Gasteiger partial charge in [-0.25, -0.2) is 0 Å². The smallest absolute Gasteiger partial charge is 0.309 e. The van der Waals surface area contributed by atoms with Crippen LogP contribution >= 0.6 is 0 Å². The molecule has 0 atom stereocenters. The van der Waals surface area contributed by atoms with Crippen molar-refractivity contribution < 1.29 is 9.72 Å². The summed E-state index contributed by atoms with van der Waals surface area (Å²) in [5.41, 5.74) is 1.48. The summed E-state index contributed by atoms with van der Waals surface area (Å²) in [5.74, 6) is 0.216. The Morgan fingerprint density at radius 3 is 2.81 bits per heavy atom. The molecule has 2 heterocycles. The molecular weight excluding hydrogens is 276 g/mol. The van der Waals surface area contributed by atoms with Gasteiger partial charge in [-0.3, -0.25) is 24.7 Å². The van der Waals surface area contributed by atoms with Crippen molar-refractivity contribution in [1.29, 1.82) is 0 Å². The molecule has 0 saturated carbocycles. The summed E-state index contributed by atoms with van der Waals surface area (Å²) in [5, 5.41) is 24.2. The number of aromatic amines is 1. The van der Waals surface area contributed by atoms with Crippen LogP contribution < -0.4 is 5.32 Å². The maximum Gasteiger partial charge on any atom is 0.312 e. The quantitative estimate of drug-likeness (QED) is 0.636. The SMILES string of the molecule is CCc1cn[nH]c1NC(=O)Cn1nc(C)c([N+](=O)[O-])c1C. The number of hydrogen-bond acceptors (Lipinski definition) is 5. The molecule has 0 aliphatic heterocycles. The van der Waals surface area contributed by atoms with Crippen LogP contribution in [0.4, 0.5) is 11.5 Å². The minimum absolute atomic E-state index is 0.0569. The van der Waals surface area contributed by atoms with Gasteiger partial charge in [0.1, 0.15) is 23.8 Å². The Kier molecular flexibility index (Phi) is 4.01. The van der Waals surface area contributed by atoms with Crippen molar-refractivity contribution in [2.75, 3.05) is 5.32 Å². The zero-order valence-corrected chi connectivity index (χ0v) is 12.0. The topological polar surface area (TPSA) is 119 Å². The highest BCUT2D eigenvalue weighted by Gasteiger charge is 2.22. The van der Waals surface area contributed by atoms with E-state index >= 15 is 0 Å². The largest absolute Gasteiger partial charge is 0.312 e. The van der Waals surface area contributed by atoms with Crippen LogP contribution in [-0.4, -0.2) is 30.8 Å². The third kappa shape index (κ3) is 2.91. The second-order valence-electron chi connectivity index (χ2n) is 4.61. The Labute approximate surface area is 120 Å². The van der Waals surface area contributed by atoms with Crippen molar-refractivity contribution in [3.8, 4) is 0 Å². The molecule has 0 fully saturated rings. The Balaban J connectivity index is 2.14. The number of nitro groups is 1. The highest BCUT2D eigenvalue weighted by Crippen LogP contribution is 2.21. The summed E-state index contributed by atoms with van der Waals surface area (Å²) in [6, 6.07) is 0. The molecular formula is C12H16N6O3. The van der Waals surface area contributed by atoms with E-state index in [1.54, 1.807) is 20.0 Å². The summed E-state index contributed by atoms with van der Waals surface area (Å²) in [7, 11) is 0. The molecule has 0 aromatic carbocycles. The van der Waals surface area contributed by atoms with Crippen LogP contribution in [0, 0.1) is 24.0 Å². The van der Waals surface area contributed by atoms with Gasteiger partial charge in [-0.15, -0.1) is 0 Å². The first-order valence-corrected chi connectivity index (χ1v) is 6.44. The Morgan fingerprint density at radius 2 is 2.24 bits per heavy atom. The van der Waals surface area contributed by atoms with E-state index in [1.165, 1.54) is 4.68 Å². The molecule has 2 aromatic heterocycles. The standard InChI is InChI=1S/C12H16N6O3/c1-4-9-5-13-15-12(9)14-10(19)6-17-8(3)11(18(20)21)7(2)16-17/h5H,4,6H2,1-3H3,(H2,13,14,15,19). The molecule has 0 spiro atoms. The number of nitrogens with zero attached hydrogens (tertiary/aromatic N) is 4. The maximum atomic E-state index is 12.0. The van der Waals surface area contributed by atoms with E-state index < -0.39 is 4.92 Å². The number of rotatable bonds is 5. The molecule has 9 heteroatoms. The van der Waals surface area contributed by atoms with Crippen molar-refractivity contribution in [2.45, 2.75) is 33.7 Å². The molecule has 2 rings (SSSR count). The predicted molar refractivity (Wildman–Crippen MR) is 75.0 cm³/mol. The van der Waals surface area contributed by atoms with Gasteiger partial charge in [-0.2, -0.15) is 10.2 Å². The van der Waals surface area contributed by atoms with Crippen LogP contribution in [0.25, 0.3) is 0 Å². The van der Waals surface area contributed by atoms with Gasteiger partial charge in [0.2, 0.25) is 5.91 Å². The summed E-state index contributed by atoms with van der Waals surface area (Å²) in [6.07, 6.45) is 2.38. The number of aryl methyl sites for hydroxylation is 2. The van der Waals surface area contributed by atoms with Crippen molar-refractivity contribution in [1.82, 2.24) is 20.0 Å². The van der Waals surface area contributed by atoms with Crippen molar-refractivity contribution in [3.63, 3.8) is 0 Å². The zero-order valence-electron chi connectivity index (χ0n) is 12.0. The van der Waals surface area contributed by atoms with Crippen LogP contribution in [0.5, 0.6) is 0 Å². The summed E-state index contributed by atoms with van der Waals surface area (Å²) in [6.45, 7) is 4.97. The van der Waals surface area contributed by atoms with E-state index in [4.69, 9.17) is 0 Å². The van der Waals surface area contributed by atoms with Crippen molar-refractivity contribution in [3.05, 3.63) is 33.3 Å². The lowest BCUT2D eigenvalue weighted by atomic mass is 10.2. The van der Waals surface area contributed by atoms with E-state index in [2.05, 4.69) is 20.6 Å². The summed E-state index contributed by atoms with van der Waals surface area (Å²) in [4.78, 5) is 22.4. The molecule has 2 aromatic rings. The van der Waals surface area contributed by atoms with E-state index in [9.17, 15) is 14.9 Å². The van der Waals surface area contributed by atoms with Crippen LogP contribution in [0.15, 0.2) is 6.20 Å². The van der Waals surface area contributed by atoms with Crippen LogP contribution in [-0.2, 0) is 17.8 Å². The van der Waals surface area contributed by atoms with Gasteiger partial charge in [0.05, 0.1) is 11.1 Å². The third-order valence-electron chi connectivity index (χ3n) is 3.18. The predicted octanol–water partition coefficient (Wildman–Crippen LogP) is 1.33. The minimum atomic E-state index is -0.490. The molecule has 112 valence electrons. The Hall–Kier alpha value is -2.71. The van der Waals surface area contributed by atoms with Crippen molar-refractivity contribution in [2.24, 2.45) is 0 Å². The average molecular weight is 292 g/mol. The lowest BCUT2D eigenvalue weighted by Crippen LogP contribution is -2.21. The fourth-order valence-electron chi connectivity index (χ4n) is 2.11. The van der Waals surface area contributed by atoms with Crippen LogP contribution in [0.3, 0.4) is 0 Å². The van der Waals surface area contributed by atoms with Gasteiger partial charge in [-0.05, 0) is 20.3 Å². The van der Waals surface area contributed by atoms with Crippen LogP contribution in [0.2, 0.25) is 0 Å². The lowest BCUT2D eigenvalue weighted by molar-refractivity contribution is -0.386. The normalized spacial score (nSPS) is 10.6. The van der Waals surface area contributed by atoms with Crippen molar-refractivity contribution >= 4 is 17.4 Å². The molecule has 21 heavy (non-hydrogen) atoms. The number of carbonyl (C=O) groups is 1. The van der Waals surface area contributed by atoms with Gasteiger partial charge in [0.15, 0.2) is 0 Å². The van der Waals surface area contributed by atoms with Gasteiger partial charge in [0.25, 0.3) is 0 Å². The highest BCUT2D eigenvalue weighted by atomic mass is 16.6. The van der Waals surface area contributed by atoms with E-state index in [1.807, 2.05) is 6.92 Å². The molecule has 0 unspecified atom stereocenters. The molecule has 0 radical (unpaired) electrons. The molecule has 0 saturated heterocycles. The first kappa shape index (κ1) is 14.7. The number of anilines is 1. The van der Waals surface area contributed by atoms with Crippen LogP contribution in [0.1, 0.15) is 23.9 Å². The molecule has 2 N–H and O–H groups in total. The Morgan fingerprint density at radius 1 is 1.52 bits per heavy atom. The molecule has 0 aliphatic rings. The first-order valence-electron chi connectivity index (χ1n) is 6.44. The first-order chi connectivity index (χ1) is 9.93. The number of H-pyrrole nitrogens is 1. The molecule has 0 bridgehead atoms. The number of amides is 1. The van der Waals surface area contributed by atoms with E-state index in [0.717, 1.165) is 12.0 Å². The third-order valence-corrected chi connectivity index (χ3v) is 3.18. The van der Waals surface area contributed by atoms with E-state index in [0.29, 0.717) is 17.2 Å². The average Bonchev–Trinajstić information content (AvgIpc) is 2.94. The lowest BCUT2D eigenvalue weighted by Gasteiger charge is -2.06. The number of hydrogen-bond donors (Lipinski definition) is 2. The van der Waals surface area contributed by atoms with Gasteiger partial charge < -0.3 is 5.32 Å². The fraction of sp³-hybridized carbons (Fsp3) is 0.417.